The third-order valence-corrected chi connectivity index (χ3v) is 5.38. The van der Waals surface area contributed by atoms with Crippen molar-refractivity contribution in [2.75, 3.05) is 26.7 Å². The topological polar surface area (TPSA) is 59.3 Å². The van der Waals surface area contributed by atoms with Gasteiger partial charge in [-0.25, -0.2) is 4.79 Å². The molecule has 142 valence electrons. The number of aromatic nitrogens is 2. The Balaban J connectivity index is 1.67. The third kappa shape index (κ3) is 3.85. The van der Waals surface area contributed by atoms with Crippen molar-refractivity contribution in [3.8, 4) is 0 Å². The number of nitrogens with zero attached hydrogens (tertiary/aromatic N) is 3. The van der Waals surface area contributed by atoms with Crippen molar-refractivity contribution in [3.05, 3.63) is 34.7 Å². The van der Waals surface area contributed by atoms with Crippen LogP contribution in [0.4, 0.5) is 0 Å². The van der Waals surface area contributed by atoms with Crippen LogP contribution < -0.4 is 11.0 Å². The van der Waals surface area contributed by atoms with E-state index in [1.165, 1.54) is 0 Å². The Labute approximate surface area is 154 Å². The molecule has 1 saturated heterocycles. The van der Waals surface area contributed by atoms with Gasteiger partial charge in [0.1, 0.15) is 0 Å². The van der Waals surface area contributed by atoms with E-state index >= 15 is 0 Å². The lowest BCUT2D eigenvalue weighted by molar-refractivity contribution is -0.132. The molecule has 3 rings (SSSR count). The molecule has 0 saturated carbocycles. The maximum absolute atomic E-state index is 12.8. The van der Waals surface area contributed by atoms with Crippen LogP contribution in [0.25, 0.3) is 11.0 Å². The van der Waals surface area contributed by atoms with E-state index in [2.05, 4.69) is 12.2 Å². The minimum absolute atomic E-state index is 0.00595. The number of benzene rings is 1. The molecule has 0 radical (unpaired) electrons. The molecule has 2 heterocycles. The third-order valence-electron chi connectivity index (χ3n) is 5.38. The highest BCUT2D eigenvalue weighted by Crippen LogP contribution is 2.18. The van der Waals surface area contributed by atoms with E-state index in [1.54, 1.807) is 4.57 Å². The first-order valence-corrected chi connectivity index (χ1v) is 9.76. The van der Waals surface area contributed by atoms with Gasteiger partial charge in [0.2, 0.25) is 5.91 Å². The summed E-state index contributed by atoms with van der Waals surface area (Å²) in [5.74, 6) is 0.825. The van der Waals surface area contributed by atoms with E-state index in [0.29, 0.717) is 25.4 Å². The molecule has 1 aliphatic rings. The van der Waals surface area contributed by atoms with Crippen LogP contribution >= 0.6 is 0 Å². The van der Waals surface area contributed by atoms with E-state index in [-0.39, 0.29) is 11.6 Å². The SMILES string of the molecule is CCCn1c(=O)n(CCC(=O)N2CCC(CNC)CC2)c2ccccc21. The largest absolute Gasteiger partial charge is 0.343 e. The van der Waals surface area contributed by atoms with Crippen molar-refractivity contribution in [2.24, 2.45) is 5.92 Å². The fourth-order valence-corrected chi connectivity index (χ4v) is 3.97. The lowest BCUT2D eigenvalue weighted by Gasteiger charge is -2.32. The maximum atomic E-state index is 12.8. The Morgan fingerprint density at radius 2 is 1.73 bits per heavy atom. The number of fused-ring (bicyclic) bond motifs is 1. The van der Waals surface area contributed by atoms with Crippen LogP contribution in [-0.4, -0.2) is 46.6 Å². The van der Waals surface area contributed by atoms with Crippen molar-refractivity contribution < 1.29 is 4.79 Å². The Morgan fingerprint density at radius 3 is 2.31 bits per heavy atom. The molecule has 6 heteroatoms. The fourth-order valence-electron chi connectivity index (χ4n) is 3.97. The number of carbonyl (C=O) groups is 1. The Kier molecular flexibility index (Phi) is 6.14. The number of piperidine rings is 1. The Bertz CT molecular complexity index is 800. The Morgan fingerprint density at radius 1 is 1.12 bits per heavy atom. The first kappa shape index (κ1) is 18.7. The van der Waals surface area contributed by atoms with Crippen molar-refractivity contribution in [1.29, 1.82) is 0 Å². The summed E-state index contributed by atoms with van der Waals surface area (Å²) in [5.41, 5.74) is 1.87. The molecule has 1 aromatic carbocycles. The molecule has 1 fully saturated rings. The highest BCUT2D eigenvalue weighted by atomic mass is 16.2. The van der Waals surface area contributed by atoms with Crippen LogP contribution in [0.15, 0.2) is 29.1 Å². The van der Waals surface area contributed by atoms with E-state index in [4.69, 9.17) is 0 Å². The average Bonchev–Trinajstić information content (AvgIpc) is 2.93. The van der Waals surface area contributed by atoms with E-state index < -0.39 is 0 Å². The standard InChI is InChI=1S/C20H30N4O2/c1-3-11-23-17-6-4-5-7-18(17)24(20(23)26)14-10-19(25)22-12-8-16(9-13-22)15-21-2/h4-7,16,21H,3,8-15H2,1-2H3. The van der Waals surface area contributed by atoms with Gasteiger partial charge in [0, 0.05) is 32.6 Å². The zero-order valence-corrected chi connectivity index (χ0v) is 15.9. The number of aryl methyl sites for hydroxylation is 2. The second kappa shape index (κ2) is 8.54. The molecule has 0 atom stereocenters. The lowest BCUT2D eigenvalue weighted by Crippen LogP contribution is -2.41. The van der Waals surface area contributed by atoms with Gasteiger partial charge in [0.05, 0.1) is 11.0 Å². The monoisotopic (exact) mass is 358 g/mol. The van der Waals surface area contributed by atoms with Crippen LogP contribution in [0.5, 0.6) is 0 Å². The molecule has 1 aromatic heterocycles. The Hall–Kier alpha value is -2.08. The van der Waals surface area contributed by atoms with Crippen LogP contribution in [0.1, 0.15) is 32.6 Å². The molecule has 2 aromatic rings. The fraction of sp³-hybridized carbons (Fsp3) is 0.600. The van der Waals surface area contributed by atoms with Crippen molar-refractivity contribution >= 4 is 16.9 Å². The summed E-state index contributed by atoms with van der Waals surface area (Å²) in [5, 5.41) is 3.22. The van der Waals surface area contributed by atoms with Crippen molar-refractivity contribution in [3.63, 3.8) is 0 Å². The zero-order chi connectivity index (χ0) is 18.5. The van der Waals surface area contributed by atoms with Gasteiger partial charge in [-0.2, -0.15) is 0 Å². The number of para-hydroxylation sites is 2. The normalized spacial score (nSPS) is 15.7. The molecule has 0 bridgehead atoms. The number of nitrogens with one attached hydrogen (secondary N) is 1. The summed E-state index contributed by atoms with van der Waals surface area (Å²) in [6.07, 6.45) is 3.41. The quantitative estimate of drug-likeness (QED) is 0.824. The smallest absolute Gasteiger partial charge is 0.329 e. The highest BCUT2D eigenvalue weighted by molar-refractivity contribution is 5.78. The molecule has 0 spiro atoms. The second-order valence-electron chi connectivity index (χ2n) is 7.21. The maximum Gasteiger partial charge on any atom is 0.329 e. The second-order valence-corrected chi connectivity index (χ2v) is 7.21. The predicted octanol–water partition coefficient (Wildman–Crippen LogP) is 2.06. The molecule has 26 heavy (non-hydrogen) atoms. The van der Waals surface area contributed by atoms with Crippen LogP contribution in [-0.2, 0) is 17.9 Å². The summed E-state index contributed by atoms with van der Waals surface area (Å²) in [4.78, 5) is 27.3. The molecule has 1 aliphatic heterocycles. The number of rotatable bonds is 7. The minimum atomic E-state index is -0.00595. The van der Waals surface area contributed by atoms with Gasteiger partial charge >= 0.3 is 5.69 Å². The molecular weight excluding hydrogens is 328 g/mol. The molecule has 1 N–H and O–H groups in total. The number of imidazole rings is 1. The molecular formula is C20H30N4O2. The number of hydrogen-bond donors (Lipinski definition) is 1. The van der Waals surface area contributed by atoms with Gasteiger partial charge in [0.15, 0.2) is 0 Å². The van der Waals surface area contributed by atoms with Crippen LogP contribution in [0, 0.1) is 5.92 Å². The summed E-state index contributed by atoms with van der Waals surface area (Å²) >= 11 is 0. The first-order chi connectivity index (χ1) is 12.7. The van der Waals surface area contributed by atoms with Gasteiger partial charge in [-0.05, 0) is 50.9 Å². The molecule has 0 aliphatic carbocycles. The van der Waals surface area contributed by atoms with Gasteiger partial charge in [-0.15, -0.1) is 0 Å². The summed E-state index contributed by atoms with van der Waals surface area (Å²) in [6, 6.07) is 7.86. The number of hydrogen-bond acceptors (Lipinski definition) is 3. The molecule has 1 amide bonds. The van der Waals surface area contributed by atoms with Crippen LogP contribution in [0.3, 0.4) is 0 Å². The van der Waals surface area contributed by atoms with Gasteiger partial charge < -0.3 is 10.2 Å². The summed E-state index contributed by atoms with van der Waals surface area (Å²) < 4.78 is 3.58. The van der Waals surface area contributed by atoms with E-state index in [0.717, 1.165) is 49.9 Å². The lowest BCUT2D eigenvalue weighted by atomic mass is 9.96. The van der Waals surface area contributed by atoms with Crippen molar-refractivity contribution in [1.82, 2.24) is 19.4 Å². The predicted molar refractivity (Wildman–Crippen MR) is 104 cm³/mol. The van der Waals surface area contributed by atoms with Crippen molar-refractivity contribution in [2.45, 2.75) is 45.7 Å². The van der Waals surface area contributed by atoms with Gasteiger partial charge in [-0.3, -0.25) is 13.9 Å². The van der Waals surface area contributed by atoms with Crippen LogP contribution in [0.2, 0.25) is 0 Å². The molecule has 6 nitrogen and oxygen atoms in total. The van der Waals surface area contributed by atoms with E-state index in [9.17, 15) is 9.59 Å². The van der Waals surface area contributed by atoms with Gasteiger partial charge in [0.25, 0.3) is 0 Å². The summed E-state index contributed by atoms with van der Waals surface area (Å²) in [7, 11) is 1.98. The average molecular weight is 358 g/mol. The minimum Gasteiger partial charge on any atom is -0.343 e. The first-order valence-electron chi connectivity index (χ1n) is 9.76. The number of amides is 1. The zero-order valence-electron chi connectivity index (χ0n) is 15.9. The number of carbonyl (C=O) groups excluding carboxylic acids is 1. The number of likely N-dealkylation sites (tertiary alicyclic amines) is 1. The summed E-state index contributed by atoms with van der Waals surface area (Å²) in [6.45, 7) is 5.91. The molecule has 0 unspecified atom stereocenters. The highest BCUT2D eigenvalue weighted by Gasteiger charge is 2.22. The van der Waals surface area contributed by atoms with Gasteiger partial charge in [-0.1, -0.05) is 19.1 Å². The van der Waals surface area contributed by atoms with E-state index in [1.807, 2.05) is 40.8 Å².